The number of nitrogens with zero attached hydrogens (tertiary/aromatic N) is 4. The van der Waals surface area contributed by atoms with Crippen LogP contribution < -0.4 is 19.9 Å². The Balaban J connectivity index is 1.41. The third-order valence-corrected chi connectivity index (χ3v) is 8.76. The van der Waals surface area contributed by atoms with E-state index in [1.54, 1.807) is 11.0 Å². The SMILES string of the molecule is O=c1c(OC2CCCC2)c(N2CCN(S(=O)(=O)c3ccccc3OC(F)(F)F)CC2)cnn1-c1cccc(F)c1. The van der Waals surface area contributed by atoms with Gasteiger partial charge in [-0.15, -0.1) is 13.2 Å². The van der Waals surface area contributed by atoms with Crippen molar-refractivity contribution in [1.29, 1.82) is 0 Å². The number of hydrogen-bond acceptors (Lipinski definition) is 7. The predicted octanol–water partition coefficient (Wildman–Crippen LogP) is 4.10. The summed E-state index contributed by atoms with van der Waals surface area (Å²) in [6, 6.07) is 10.0. The van der Waals surface area contributed by atoms with Crippen molar-refractivity contribution in [1.82, 2.24) is 14.1 Å². The van der Waals surface area contributed by atoms with Gasteiger partial charge >= 0.3 is 11.9 Å². The summed E-state index contributed by atoms with van der Waals surface area (Å²) < 4.78 is 91.2. The molecule has 2 aromatic carbocycles. The highest BCUT2D eigenvalue weighted by Gasteiger charge is 2.37. The number of rotatable bonds is 7. The van der Waals surface area contributed by atoms with Gasteiger partial charge in [0.25, 0.3) is 0 Å². The maximum absolute atomic E-state index is 13.8. The number of halogens is 4. The Bertz CT molecular complexity index is 1530. The molecule has 1 saturated heterocycles. The van der Waals surface area contributed by atoms with Crippen LogP contribution in [0.2, 0.25) is 0 Å². The number of aromatic nitrogens is 2. The van der Waals surface area contributed by atoms with E-state index in [1.165, 1.54) is 36.5 Å². The van der Waals surface area contributed by atoms with E-state index in [-0.39, 0.29) is 43.7 Å². The number of para-hydroxylation sites is 1. The molecule has 3 aromatic rings. The average molecular weight is 583 g/mol. The van der Waals surface area contributed by atoms with Crippen molar-refractivity contribution >= 4 is 15.7 Å². The Kier molecular flexibility index (Phi) is 7.73. The summed E-state index contributed by atoms with van der Waals surface area (Å²) in [5, 5.41) is 4.22. The van der Waals surface area contributed by atoms with Crippen LogP contribution in [-0.2, 0) is 10.0 Å². The molecule has 2 aliphatic rings. The zero-order valence-electron chi connectivity index (χ0n) is 21.2. The molecule has 2 fully saturated rings. The van der Waals surface area contributed by atoms with E-state index in [2.05, 4.69) is 9.84 Å². The van der Waals surface area contributed by atoms with Crippen LogP contribution in [0.15, 0.2) is 64.4 Å². The minimum Gasteiger partial charge on any atom is -0.483 e. The first-order valence-electron chi connectivity index (χ1n) is 12.7. The van der Waals surface area contributed by atoms with Gasteiger partial charge < -0.3 is 14.4 Å². The smallest absolute Gasteiger partial charge is 0.483 e. The van der Waals surface area contributed by atoms with E-state index in [4.69, 9.17) is 4.74 Å². The van der Waals surface area contributed by atoms with E-state index in [9.17, 15) is 30.8 Å². The minimum atomic E-state index is -5.06. The van der Waals surface area contributed by atoms with Gasteiger partial charge in [-0.25, -0.2) is 12.8 Å². The van der Waals surface area contributed by atoms with E-state index < -0.39 is 38.4 Å². The lowest BCUT2D eigenvalue weighted by Gasteiger charge is -2.36. The highest BCUT2D eigenvalue weighted by Crippen LogP contribution is 2.34. The average Bonchev–Trinajstić information content (AvgIpc) is 3.42. The molecule has 1 aromatic heterocycles. The summed E-state index contributed by atoms with van der Waals surface area (Å²) >= 11 is 0. The molecule has 0 unspecified atom stereocenters. The number of hydrogen-bond donors (Lipinski definition) is 0. The maximum atomic E-state index is 13.8. The Labute approximate surface area is 227 Å². The standard InChI is InChI=1S/C26H26F4N4O5S/c27-18-6-5-7-19(16-18)34-25(35)24(38-20-8-1-2-9-20)21(17-31-34)32-12-14-33(15-13-32)40(36,37)23-11-4-3-10-22(23)39-26(28,29)30/h3-7,10-11,16-17,20H,1-2,8-9,12-15H2. The topological polar surface area (TPSA) is 94.0 Å². The van der Waals surface area contributed by atoms with Gasteiger partial charge in [-0.3, -0.25) is 4.79 Å². The fourth-order valence-electron chi connectivity index (χ4n) is 4.91. The zero-order valence-corrected chi connectivity index (χ0v) is 22.0. The number of sulfonamides is 1. The van der Waals surface area contributed by atoms with Crippen LogP contribution in [0.25, 0.3) is 5.69 Å². The lowest BCUT2D eigenvalue weighted by Crippen LogP contribution is -2.49. The van der Waals surface area contributed by atoms with Crippen LogP contribution in [-0.4, -0.2) is 61.1 Å². The van der Waals surface area contributed by atoms with Crippen LogP contribution in [0.5, 0.6) is 11.5 Å². The Morgan fingerprint density at radius 1 is 0.950 bits per heavy atom. The predicted molar refractivity (Wildman–Crippen MR) is 137 cm³/mol. The van der Waals surface area contributed by atoms with Crippen LogP contribution in [0.1, 0.15) is 25.7 Å². The number of alkyl halides is 3. The van der Waals surface area contributed by atoms with E-state index in [0.717, 1.165) is 46.8 Å². The number of anilines is 1. The van der Waals surface area contributed by atoms with E-state index in [0.29, 0.717) is 5.69 Å². The molecule has 0 amide bonds. The molecular formula is C26H26F4N4O5S. The van der Waals surface area contributed by atoms with Gasteiger partial charge in [0.15, 0.2) is 0 Å². The lowest BCUT2D eigenvalue weighted by molar-refractivity contribution is -0.275. The number of ether oxygens (including phenoxy) is 2. The van der Waals surface area contributed by atoms with E-state index in [1.807, 2.05) is 0 Å². The largest absolute Gasteiger partial charge is 0.573 e. The second kappa shape index (κ2) is 11.1. The van der Waals surface area contributed by atoms with Gasteiger partial charge in [-0.1, -0.05) is 18.2 Å². The van der Waals surface area contributed by atoms with Crippen molar-refractivity contribution in [2.75, 3.05) is 31.1 Å². The van der Waals surface area contributed by atoms with Gasteiger partial charge in [-0.05, 0) is 56.0 Å². The molecule has 2 heterocycles. The van der Waals surface area contributed by atoms with Crippen LogP contribution in [0.3, 0.4) is 0 Å². The van der Waals surface area contributed by atoms with Crippen molar-refractivity contribution in [3.05, 3.63) is 70.9 Å². The van der Waals surface area contributed by atoms with Crippen LogP contribution >= 0.6 is 0 Å². The molecule has 214 valence electrons. The van der Waals surface area contributed by atoms with Crippen molar-refractivity contribution in [3.63, 3.8) is 0 Å². The normalized spacial score (nSPS) is 17.2. The number of benzene rings is 2. The third kappa shape index (κ3) is 5.92. The number of piperazine rings is 1. The summed E-state index contributed by atoms with van der Waals surface area (Å²) in [5.41, 5.74) is 0.00848. The molecule has 0 N–H and O–H groups in total. The molecular weight excluding hydrogens is 556 g/mol. The fourth-order valence-corrected chi connectivity index (χ4v) is 6.45. The van der Waals surface area contributed by atoms with Crippen molar-refractivity contribution in [3.8, 4) is 17.2 Å². The van der Waals surface area contributed by atoms with Gasteiger partial charge in [0, 0.05) is 26.2 Å². The fraction of sp³-hybridized carbons (Fsp3) is 0.385. The summed E-state index contributed by atoms with van der Waals surface area (Å²) in [6.07, 6.45) is -0.356. The van der Waals surface area contributed by atoms with Gasteiger partial charge in [0.05, 0.1) is 18.0 Å². The first kappa shape index (κ1) is 27.9. The van der Waals surface area contributed by atoms with Crippen LogP contribution in [0.4, 0.5) is 23.2 Å². The van der Waals surface area contributed by atoms with Crippen molar-refractivity contribution in [2.45, 2.75) is 43.0 Å². The first-order valence-corrected chi connectivity index (χ1v) is 14.1. The molecule has 14 heteroatoms. The third-order valence-electron chi connectivity index (χ3n) is 6.83. The molecule has 0 atom stereocenters. The Morgan fingerprint density at radius 3 is 2.33 bits per heavy atom. The van der Waals surface area contributed by atoms with Crippen LogP contribution in [0, 0.1) is 5.82 Å². The molecule has 1 aliphatic carbocycles. The molecule has 0 spiro atoms. The molecule has 0 bridgehead atoms. The summed E-state index contributed by atoms with van der Waals surface area (Å²) in [6.45, 7) is 0.0956. The summed E-state index contributed by atoms with van der Waals surface area (Å²) in [4.78, 5) is 14.7. The molecule has 9 nitrogen and oxygen atoms in total. The second-order valence-electron chi connectivity index (χ2n) is 9.47. The van der Waals surface area contributed by atoms with Gasteiger partial charge in [-0.2, -0.15) is 14.1 Å². The molecule has 1 aliphatic heterocycles. The molecule has 0 radical (unpaired) electrons. The highest BCUT2D eigenvalue weighted by molar-refractivity contribution is 7.89. The molecule has 5 rings (SSSR count). The van der Waals surface area contributed by atoms with Gasteiger partial charge in [0.2, 0.25) is 15.8 Å². The monoisotopic (exact) mass is 582 g/mol. The minimum absolute atomic E-state index is 0.0337. The highest BCUT2D eigenvalue weighted by atomic mass is 32.2. The Hall–Kier alpha value is -3.65. The van der Waals surface area contributed by atoms with Crippen molar-refractivity contribution in [2.24, 2.45) is 0 Å². The van der Waals surface area contributed by atoms with Crippen molar-refractivity contribution < 1.29 is 35.5 Å². The Morgan fingerprint density at radius 2 is 1.65 bits per heavy atom. The lowest BCUT2D eigenvalue weighted by atomic mass is 10.2. The second-order valence-corrected chi connectivity index (χ2v) is 11.4. The molecule has 1 saturated carbocycles. The summed E-state index contributed by atoms with van der Waals surface area (Å²) in [7, 11) is -4.32. The molecule has 40 heavy (non-hydrogen) atoms. The van der Waals surface area contributed by atoms with Gasteiger partial charge in [0.1, 0.15) is 22.1 Å². The van der Waals surface area contributed by atoms with E-state index >= 15 is 0 Å². The maximum Gasteiger partial charge on any atom is 0.573 e. The quantitative estimate of drug-likeness (QED) is 0.387. The zero-order chi connectivity index (χ0) is 28.5. The summed E-state index contributed by atoms with van der Waals surface area (Å²) in [5.74, 6) is -1.31. The first-order chi connectivity index (χ1) is 19.0.